The van der Waals surface area contributed by atoms with E-state index in [1.54, 1.807) is 18.3 Å². The van der Waals surface area contributed by atoms with E-state index in [2.05, 4.69) is 10.6 Å². The third-order valence-corrected chi connectivity index (χ3v) is 6.43. The van der Waals surface area contributed by atoms with Gasteiger partial charge in [-0.15, -0.1) is 11.3 Å². The molecule has 1 aromatic rings. The fourth-order valence-corrected chi connectivity index (χ4v) is 4.59. The lowest BCUT2D eigenvalue weighted by atomic mass is 9.75. The summed E-state index contributed by atoms with van der Waals surface area (Å²) in [6.45, 7) is 3.46. The van der Waals surface area contributed by atoms with Crippen molar-refractivity contribution in [3.63, 3.8) is 0 Å². The molecule has 4 amide bonds. The summed E-state index contributed by atoms with van der Waals surface area (Å²) >= 11 is 1.56. The minimum atomic E-state index is -0.878. The van der Waals surface area contributed by atoms with Crippen LogP contribution in [0.2, 0.25) is 0 Å². The van der Waals surface area contributed by atoms with Crippen molar-refractivity contribution in [2.75, 3.05) is 6.54 Å². The van der Waals surface area contributed by atoms with Gasteiger partial charge in [0.15, 0.2) is 0 Å². The van der Waals surface area contributed by atoms with Crippen molar-refractivity contribution in [1.82, 2.24) is 15.5 Å². The van der Waals surface area contributed by atoms with Gasteiger partial charge in [0.1, 0.15) is 12.1 Å². The molecule has 7 heteroatoms. The Balaban J connectivity index is 1.63. The molecular formula is C18H25N3O3S. The van der Waals surface area contributed by atoms with Crippen LogP contribution in [0.25, 0.3) is 0 Å². The Morgan fingerprint density at radius 3 is 2.76 bits per heavy atom. The second-order valence-corrected chi connectivity index (χ2v) is 8.14. The highest BCUT2D eigenvalue weighted by atomic mass is 32.1. The summed E-state index contributed by atoms with van der Waals surface area (Å²) in [4.78, 5) is 39.6. The lowest BCUT2D eigenvalue weighted by molar-refractivity contribution is -0.136. The number of carbonyl (C=O) groups excluding carboxylic acids is 3. The van der Waals surface area contributed by atoms with Gasteiger partial charge in [0.2, 0.25) is 5.91 Å². The van der Waals surface area contributed by atoms with Gasteiger partial charge in [-0.05, 0) is 44.1 Å². The molecule has 0 aromatic carbocycles. The van der Waals surface area contributed by atoms with E-state index in [9.17, 15) is 14.4 Å². The molecule has 1 saturated carbocycles. The normalized spacial score (nSPS) is 25.8. The number of amides is 4. The van der Waals surface area contributed by atoms with Gasteiger partial charge in [-0.1, -0.05) is 25.3 Å². The van der Waals surface area contributed by atoms with Crippen LogP contribution in [-0.4, -0.2) is 34.8 Å². The Bertz CT molecular complexity index is 655. The Morgan fingerprint density at radius 2 is 2.12 bits per heavy atom. The first-order chi connectivity index (χ1) is 11.9. The summed E-state index contributed by atoms with van der Waals surface area (Å²) in [5, 5.41) is 7.65. The van der Waals surface area contributed by atoms with Crippen molar-refractivity contribution in [3.8, 4) is 0 Å². The summed E-state index contributed by atoms with van der Waals surface area (Å²) in [7, 11) is 0. The van der Waals surface area contributed by atoms with Crippen molar-refractivity contribution in [3.05, 3.63) is 22.4 Å². The van der Waals surface area contributed by atoms with Gasteiger partial charge in [-0.25, -0.2) is 4.79 Å². The van der Waals surface area contributed by atoms with Crippen LogP contribution < -0.4 is 10.6 Å². The highest BCUT2D eigenvalue weighted by Crippen LogP contribution is 2.36. The minimum absolute atomic E-state index is 0.141. The van der Waals surface area contributed by atoms with Crippen molar-refractivity contribution in [1.29, 1.82) is 0 Å². The third kappa shape index (κ3) is 3.56. The molecular weight excluding hydrogens is 338 g/mol. The molecule has 2 heterocycles. The van der Waals surface area contributed by atoms with Crippen LogP contribution >= 0.6 is 11.3 Å². The van der Waals surface area contributed by atoms with E-state index >= 15 is 0 Å². The first-order valence-corrected chi connectivity index (χ1v) is 9.76. The Labute approximate surface area is 152 Å². The fourth-order valence-electron chi connectivity index (χ4n) is 3.86. The minimum Gasteiger partial charge on any atom is -0.347 e. The van der Waals surface area contributed by atoms with E-state index < -0.39 is 11.6 Å². The van der Waals surface area contributed by atoms with Gasteiger partial charge >= 0.3 is 6.03 Å². The molecule has 0 spiro atoms. The highest BCUT2D eigenvalue weighted by molar-refractivity contribution is 7.10. The number of carbonyl (C=O) groups is 3. The van der Waals surface area contributed by atoms with Gasteiger partial charge in [-0.3, -0.25) is 14.5 Å². The molecule has 2 N–H and O–H groups in total. The number of imide groups is 1. The average Bonchev–Trinajstić information content (AvgIpc) is 3.20. The summed E-state index contributed by atoms with van der Waals surface area (Å²) in [6, 6.07) is 3.27. The van der Waals surface area contributed by atoms with Crippen molar-refractivity contribution in [2.45, 2.75) is 57.5 Å². The van der Waals surface area contributed by atoms with E-state index in [1.807, 2.05) is 24.4 Å². The monoisotopic (exact) mass is 363 g/mol. The van der Waals surface area contributed by atoms with E-state index in [-0.39, 0.29) is 30.3 Å². The molecule has 0 unspecified atom stereocenters. The molecule has 1 aromatic heterocycles. The Hall–Kier alpha value is -1.89. The molecule has 136 valence electrons. The van der Waals surface area contributed by atoms with Crippen LogP contribution in [0.1, 0.15) is 56.9 Å². The summed E-state index contributed by atoms with van der Waals surface area (Å²) < 4.78 is 0. The van der Waals surface area contributed by atoms with Gasteiger partial charge in [0.25, 0.3) is 5.91 Å². The summed E-state index contributed by atoms with van der Waals surface area (Å²) in [5.41, 5.74) is -0.878. The van der Waals surface area contributed by atoms with Crippen LogP contribution in [0.5, 0.6) is 0 Å². The quantitative estimate of drug-likeness (QED) is 0.790. The number of hydrogen-bond donors (Lipinski definition) is 2. The number of nitrogens with zero attached hydrogens (tertiary/aromatic N) is 1. The van der Waals surface area contributed by atoms with E-state index in [4.69, 9.17) is 0 Å². The highest BCUT2D eigenvalue weighted by Gasteiger charge is 2.52. The molecule has 3 rings (SSSR count). The van der Waals surface area contributed by atoms with Crippen LogP contribution in [0.4, 0.5) is 4.79 Å². The van der Waals surface area contributed by atoms with Crippen LogP contribution in [0, 0.1) is 5.92 Å². The van der Waals surface area contributed by atoms with E-state index in [0.29, 0.717) is 0 Å². The molecule has 2 atom stereocenters. The zero-order valence-corrected chi connectivity index (χ0v) is 15.5. The zero-order chi connectivity index (χ0) is 18.0. The molecule has 1 aliphatic carbocycles. The van der Waals surface area contributed by atoms with Crippen LogP contribution in [-0.2, 0) is 9.59 Å². The van der Waals surface area contributed by atoms with Gasteiger partial charge in [0.05, 0.1) is 6.04 Å². The first kappa shape index (κ1) is 17.9. The lowest BCUT2D eigenvalue weighted by Crippen LogP contribution is -2.51. The lowest BCUT2D eigenvalue weighted by Gasteiger charge is -2.34. The third-order valence-electron chi connectivity index (χ3n) is 5.37. The number of thiophene rings is 1. The number of urea groups is 1. The smallest absolute Gasteiger partial charge is 0.325 e. The second-order valence-electron chi connectivity index (χ2n) is 7.16. The first-order valence-electron chi connectivity index (χ1n) is 8.88. The zero-order valence-electron chi connectivity index (χ0n) is 14.7. The maximum absolute atomic E-state index is 12.9. The van der Waals surface area contributed by atoms with Gasteiger partial charge in [-0.2, -0.15) is 0 Å². The molecule has 1 saturated heterocycles. The molecule has 6 nitrogen and oxygen atoms in total. The molecule has 2 fully saturated rings. The molecule has 1 aliphatic heterocycles. The molecule has 2 aliphatic rings. The molecule has 0 radical (unpaired) electrons. The predicted molar refractivity (Wildman–Crippen MR) is 96.1 cm³/mol. The summed E-state index contributed by atoms with van der Waals surface area (Å²) in [5.74, 6) is -0.448. The van der Waals surface area contributed by atoms with Crippen molar-refractivity contribution in [2.24, 2.45) is 5.92 Å². The van der Waals surface area contributed by atoms with Gasteiger partial charge < -0.3 is 10.6 Å². The average molecular weight is 363 g/mol. The largest absolute Gasteiger partial charge is 0.347 e. The maximum atomic E-state index is 12.9. The van der Waals surface area contributed by atoms with E-state index in [0.717, 1.165) is 35.5 Å². The maximum Gasteiger partial charge on any atom is 0.325 e. The Morgan fingerprint density at radius 1 is 1.40 bits per heavy atom. The van der Waals surface area contributed by atoms with Gasteiger partial charge in [0, 0.05) is 4.88 Å². The second kappa shape index (κ2) is 7.15. The van der Waals surface area contributed by atoms with Crippen molar-refractivity contribution < 1.29 is 14.4 Å². The molecule has 25 heavy (non-hydrogen) atoms. The molecule has 0 bridgehead atoms. The number of nitrogens with one attached hydrogen (secondary N) is 2. The standard InChI is InChI=1S/C18H25N3O3S/c1-12(14-9-6-10-25-14)19-15(22)11-21-16(23)18(2,20-17(21)24)13-7-4-3-5-8-13/h6,9-10,12-13H,3-5,7-8,11H2,1-2H3,(H,19,22)(H,20,24)/t12-,18+/m0/s1. The fraction of sp³-hybridized carbons (Fsp3) is 0.611. The SMILES string of the molecule is C[C@H](NC(=O)CN1C(=O)N[C@](C)(C2CCCCC2)C1=O)c1cccs1. The van der Waals surface area contributed by atoms with Crippen LogP contribution in [0.15, 0.2) is 17.5 Å². The van der Waals surface area contributed by atoms with E-state index in [1.165, 1.54) is 6.42 Å². The number of hydrogen-bond acceptors (Lipinski definition) is 4. The predicted octanol–water partition coefficient (Wildman–Crippen LogP) is 2.82. The topological polar surface area (TPSA) is 78.5 Å². The van der Waals surface area contributed by atoms with Crippen molar-refractivity contribution >= 4 is 29.2 Å². The van der Waals surface area contributed by atoms with Crippen LogP contribution in [0.3, 0.4) is 0 Å². The number of rotatable bonds is 5. The Kier molecular flexibility index (Phi) is 5.13. The summed E-state index contributed by atoms with van der Waals surface area (Å²) in [6.07, 6.45) is 5.24.